The number of carboxylic acid groups (broad SMARTS) is 1. The normalized spacial score (nSPS) is 23.6. The Bertz CT molecular complexity index is 406. The monoisotopic (exact) mass is 285 g/mol. The zero-order chi connectivity index (χ0) is 14.7. The highest BCUT2D eigenvalue weighted by Crippen LogP contribution is 2.11. The van der Waals surface area contributed by atoms with Gasteiger partial charge < -0.3 is 24.5 Å². The highest BCUT2D eigenvalue weighted by Gasteiger charge is 2.32. The highest BCUT2D eigenvalue weighted by atomic mass is 16.5. The van der Waals surface area contributed by atoms with Crippen LogP contribution in [0.15, 0.2) is 0 Å². The molecule has 0 radical (unpaired) electrons. The van der Waals surface area contributed by atoms with Crippen molar-refractivity contribution < 1.29 is 24.2 Å². The Morgan fingerprint density at radius 2 is 1.60 bits per heavy atom. The van der Waals surface area contributed by atoms with Crippen LogP contribution in [0.4, 0.5) is 4.79 Å². The molecule has 3 amide bonds. The lowest BCUT2D eigenvalue weighted by Crippen LogP contribution is -2.57. The first-order valence-electron chi connectivity index (χ1n) is 6.63. The first-order chi connectivity index (χ1) is 9.49. The number of urea groups is 1. The number of rotatable bonds is 1. The molecule has 0 aromatic rings. The van der Waals surface area contributed by atoms with E-state index in [1.165, 1.54) is 11.8 Å². The van der Waals surface area contributed by atoms with Crippen LogP contribution in [0.25, 0.3) is 0 Å². The summed E-state index contributed by atoms with van der Waals surface area (Å²) in [5, 5.41) is 8.92. The summed E-state index contributed by atoms with van der Waals surface area (Å²) in [5.41, 5.74) is 0. The van der Waals surface area contributed by atoms with Crippen molar-refractivity contribution in [3.8, 4) is 0 Å². The van der Waals surface area contributed by atoms with E-state index in [1.54, 1.807) is 9.80 Å². The molecule has 20 heavy (non-hydrogen) atoms. The van der Waals surface area contributed by atoms with E-state index >= 15 is 0 Å². The maximum absolute atomic E-state index is 12.3. The predicted octanol–water partition coefficient (Wildman–Crippen LogP) is -0.944. The molecule has 2 aliphatic rings. The third-order valence-corrected chi connectivity index (χ3v) is 3.61. The largest absolute Gasteiger partial charge is 0.479 e. The second-order valence-corrected chi connectivity index (χ2v) is 4.92. The maximum Gasteiger partial charge on any atom is 0.334 e. The summed E-state index contributed by atoms with van der Waals surface area (Å²) in [6.45, 7) is 4.21. The predicted molar refractivity (Wildman–Crippen MR) is 68.2 cm³/mol. The molecule has 1 N–H and O–H groups in total. The number of carbonyl (C=O) groups is 3. The fraction of sp³-hybridized carbons (Fsp3) is 0.750. The van der Waals surface area contributed by atoms with Crippen molar-refractivity contribution in [2.75, 3.05) is 45.9 Å². The minimum absolute atomic E-state index is 0.00872. The Labute approximate surface area is 116 Å². The number of amides is 3. The maximum atomic E-state index is 12.3. The van der Waals surface area contributed by atoms with Gasteiger partial charge in [-0.3, -0.25) is 4.79 Å². The van der Waals surface area contributed by atoms with Gasteiger partial charge in [0.25, 0.3) is 0 Å². The minimum Gasteiger partial charge on any atom is -0.479 e. The Morgan fingerprint density at radius 1 is 1.00 bits per heavy atom. The molecule has 8 nitrogen and oxygen atoms in total. The van der Waals surface area contributed by atoms with E-state index in [9.17, 15) is 14.4 Å². The van der Waals surface area contributed by atoms with Gasteiger partial charge in [0.05, 0.1) is 13.2 Å². The zero-order valence-electron chi connectivity index (χ0n) is 11.4. The summed E-state index contributed by atoms with van der Waals surface area (Å²) in [6.07, 6.45) is -0.953. The van der Waals surface area contributed by atoms with Gasteiger partial charge in [-0.1, -0.05) is 0 Å². The van der Waals surface area contributed by atoms with Crippen LogP contribution in [-0.2, 0) is 14.3 Å². The zero-order valence-corrected chi connectivity index (χ0v) is 11.4. The number of aliphatic carboxylic acids is 1. The van der Waals surface area contributed by atoms with Crippen LogP contribution in [0.5, 0.6) is 0 Å². The molecule has 2 saturated heterocycles. The summed E-state index contributed by atoms with van der Waals surface area (Å²) >= 11 is 0. The number of ether oxygens (including phenoxy) is 1. The number of morpholine rings is 1. The molecule has 0 aromatic carbocycles. The van der Waals surface area contributed by atoms with Crippen LogP contribution in [-0.4, -0.2) is 89.7 Å². The third kappa shape index (κ3) is 3.19. The molecule has 2 heterocycles. The average Bonchev–Trinajstić information content (AvgIpc) is 2.46. The van der Waals surface area contributed by atoms with Crippen LogP contribution in [0.3, 0.4) is 0 Å². The SMILES string of the molecule is CC(=O)N1CCN(C(=O)N2CCOC(C(=O)O)C2)CC1. The van der Waals surface area contributed by atoms with Crippen molar-refractivity contribution in [2.45, 2.75) is 13.0 Å². The molecule has 0 bridgehead atoms. The van der Waals surface area contributed by atoms with Crippen molar-refractivity contribution in [1.29, 1.82) is 0 Å². The number of carboxylic acids is 1. The number of piperazine rings is 1. The molecule has 0 aliphatic carbocycles. The van der Waals surface area contributed by atoms with Gasteiger partial charge in [-0.15, -0.1) is 0 Å². The van der Waals surface area contributed by atoms with E-state index in [2.05, 4.69) is 0 Å². The molecular formula is C12H19N3O5. The number of nitrogens with zero attached hydrogens (tertiary/aromatic N) is 3. The van der Waals surface area contributed by atoms with Crippen LogP contribution in [0, 0.1) is 0 Å². The van der Waals surface area contributed by atoms with Crippen molar-refractivity contribution >= 4 is 17.9 Å². The summed E-state index contributed by atoms with van der Waals surface area (Å²) < 4.78 is 5.09. The first kappa shape index (κ1) is 14.6. The lowest BCUT2D eigenvalue weighted by Gasteiger charge is -2.39. The summed E-state index contributed by atoms with van der Waals surface area (Å²) in [4.78, 5) is 39.3. The number of carbonyl (C=O) groups excluding carboxylic acids is 2. The highest BCUT2D eigenvalue weighted by molar-refractivity contribution is 5.78. The molecule has 0 saturated carbocycles. The lowest BCUT2D eigenvalue weighted by molar-refractivity contribution is -0.154. The summed E-state index contributed by atoms with van der Waals surface area (Å²) in [6, 6.07) is -0.178. The van der Waals surface area contributed by atoms with E-state index in [0.29, 0.717) is 32.7 Å². The summed E-state index contributed by atoms with van der Waals surface area (Å²) in [7, 11) is 0. The van der Waals surface area contributed by atoms with Gasteiger partial charge in [-0.25, -0.2) is 9.59 Å². The molecule has 0 spiro atoms. The average molecular weight is 285 g/mol. The van der Waals surface area contributed by atoms with Gasteiger partial charge >= 0.3 is 12.0 Å². The Kier molecular flexibility index (Phi) is 4.43. The van der Waals surface area contributed by atoms with E-state index in [1.807, 2.05) is 0 Å². The van der Waals surface area contributed by atoms with Gasteiger partial charge in [0.1, 0.15) is 0 Å². The van der Waals surface area contributed by atoms with Gasteiger partial charge in [-0.05, 0) is 0 Å². The molecule has 8 heteroatoms. The smallest absolute Gasteiger partial charge is 0.334 e. The van der Waals surface area contributed by atoms with Crippen LogP contribution < -0.4 is 0 Å². The van der Waals surface area contributed by atoms with Crippen LogP contribution in [0.1, 0.15) is 6.92 Å². The van der Waals surface area contributed by atoms with E-state index < -0.39 is 12.1 Å². The van der Waals surface area contributed by atoms with Gasteiger partial charge in [0, 0.05) is 39.6 Å². The second kappa shape index (κ2) is 6.08. The molecule has 1 atom stereocenters. The van der Waals surface area contributed by atoms with Crippen LogP contribution in [0.2, 0.25) is 0 Å². The molecule has 0 aromatic heterocycles. The van der Waals surface area contributed by atoms with Gasteiger partial charge in [0.2, 0.25) is 5.91 Å². The molecular weight excluding hydrogens is 266 g/mol. The molecule has 2 rings (SSSR count). The quantitative estimate of drug-likeness (QED) is 0.671. The topological polar surface area (TPSA) is 90.4 Å². The van der Waals surface area contributed by atoms with E-state index in [-0.39, 0.29) is 25.1 Å². The Morgan fingerprint density at radius 3 is 2.15 bits per heavy atom. The Balaban J connectivity index is 1.88. The van der Waals surface area contributed by atoms with E-state index in [0.717, 1.165) is 0 Å². The number of hydrogen-bond donors (Lipinski definition) is 1. The van der Waals surface area contributed by atoms with Gasteiger partial charge in [0.15, 0.2) is 6.10 Å². The first-order valence-corrected chi connectivity index (χ1v) is 6.63. The fourth-order valence-corrected chi connectivity index (χ4v) is 2.39. The van der Waals surface area contributed by atoms with E-state index in [4.69, 9.17) is 9.84 Å². The molecule has 1 unspecified atom stereocenters. The fourth-order valence-electron chi connectivity index (χ4n) is 2.39. The van der Waals surface area contributed by atoms with Crippen molar-refractivity contribution in [3.63, 3.8) is 0 Å². The lowest BCUT2D eigenvalue weighted by atomic mass is 10.2. The van der Waals surface area contributed by atoms with Crippen LogP contribution >= 0.6 is 0 Å². The molecule has 2 aliphatic heterocycles. The molecule has 2 fully saturated rings. The van der Waals surface area contributed by atoms with Crippen molar-refractivity contribution in [1.82, 2.24) is 14.7 Å². The molecule has 112 valence electrons. The Hall–Kier alpha value is -1.83. The van der Waals surface area contributed by atoms with Gasteiger partial charge in [-0.2, -0.15) is 0 Å². The minimum atomic E-state index is -1.05. The summed E-state index contributed by atoms with van der Waals surface area (Å²) in [5.74, 6) is -1.04. The van der Waals surface area contributed by atoms with Crippen molar-refractivity contribution in [2.24, 2.45) is 0 Å². The second-order valence-electron chi connectivity index (χ2n) is 4.92. The standard InChI is InChI=1S/C12H19N3O5/c1-9(16)13-2-4-14(5-3-13)12(19)15-6-7-20-10(8-15)11(17)18/h10H,2-8H2,1H3,(H,17,18). The number of hydrogen-bond acceptors (Lipinski definition) is 4. The third-order valence-electron chi connectivity index (χ3n) is 3.61. The van der Waals surface area contributed by atoms with Crippen molar-refractivity contribution in [3.05, 3.63) is 0 Å².